The number of methoxy groups -OCH3 is 1. The lowest BCUT2D eigenvalue weighted by Gasteiger charge is -2.17. The number of benzene rings is 2. The van der Waals surface area contributed by atoms with Crippen LogP contribution in [0.25, 0.3) is 6.08 Å². The fourth-order valence-electron chi connectivity index (χ4n) is 5.21. The molecule has 1 atom stereocenters. The highest BCUT2D eigenvalue weighted by molar-refractivity contribution is 6.06. The summed E-state index contributed by atoms with van der Waals surface area (Å²) >= 11 is 0. The third-order valence-corrected chi connectivity index (χ3v) is 7.67. The molecule has 220 valence electrons. The summed E-state index contributed by atoms with van der Waals surface area (Å²) in [7, 11) is 1.67. The highest BCUT2D eigenvalue weighted by atomic mass is 16.5. The van der Waals surface area contributed by atoms with Crippen molar-refractivity contribution in [3.8, 4) is 5.75 Å². The summed E-state index contributed by atoms with van der Waals surface area (Å²) in [6.07, 6.45) is 12.3. The number of unbranched alkanes of at least 4 members (excludes halogenated alkanes) is 2. The first-order valence-electron chi connectivity index (χ1n) is 15.2. The van der Waals surface area contributed by atoms with E-state index in [0.717, 1.165) is 51.8 Å². The summed E-state index contributed by atoms with van der Waals surface area (Å²) in [5.41, 5.74) is 9.04. The Kier molecular flexibility index (Phi) is 12.3. The van der Waals surface area contributed by atoms with Crippen molar-refractivity contribution in [2.24, 2.45) is 0 Å². The molecule has 1 heterocycles. The van der Waals surface area contributed by atoms with Crippen molar-refractivity contribution in [2.45, 2.75) is 92.4 Å². The van der Waals surface area contributed by atoms with Gasteiger partial charge >= 0.3 is 0 Å². The largest absolute Gasteiger partial charge is 0.497 e. The topological polar surface area (TPSA) is 66.2 Å². The highest BCUT2D eigenvalue weighted by Gasteiger charge is 2.17. The number of hydrogen-bond donors (Lipinski definition) is 3. The van der Waals surface area contributed by atoms with Gasteiger partial charge in [-0.2, -0.15) is 0 Å². The predicted octanol–water partition coefficient (Wildman–Crippen LogP) is 10.0. The molecule has 41 heavy (non-hydrogen) atoms. The van der Waals surface area contributed by atoms with Crippen LogP contribution >= 0.6 is 0 Å². The van der Waals surface area contributed by atoms with Crippen LogP contribution in [0.15, 0.2) is 65.9 Å². The molecule has 0 bridgehead atoms. The number of nitrogens with one attached hydrogen (secondary N) is 3. The van der Waals surface area contributed by atoms with E-state index in [1.165, 1.54) is 44.1 Å². The standard InChI is InChI=1S/C36H49N3O2/c1-8-11-12-14-27(13-9-2)28-15-17-29(18-16-28)36(40)39-35-32(26(6)37-33(35)10-3)23-24-34(25(4)5)38-30-19-21-31(41-7)22-20-30/h15-24,27,37-38H,8-14H2,1-7H3,(H,39,40)/b24-23-. The van der Waals surface area contributed by atoms with Crippen molar-refractivity contribution in [2.75, 3.05) is 17.7 Å². The maximum absolute atomic E-state index is 13.4. The van der Waals surface area contributed by atoms with Gasteiger partial charge in [-0.05, 0) is 100 Å². The van der Waals surface area contributed by atoms with E-state index in [9.17, 15) is 4.79 Å². The normalized spacial score (nSPS) is 11.9. The average Bonchev–Trinajstić information content (AvgIpc) is 3.28. The van der Waals surface area contributed by atoms with Gasteiger partial charge in [-0.3, -0.25) is 4.79 Å². The first-order valence-corrected chi connectivity index (χ1v) is 15.2. The minimum atomic E-state index is -0.0864. The van der Waals surface area contributed by atoms with Crippen LogP contribution in [0.4, 0.5) is 11.4 Å². The summed E-state index contributed by atoms with van der Waals surface area (Å²) < 4.78 is 5.28. The van der Waals surface area contributed by atoms with Gasteiger partial charge in [-0.1, -0.05) is 64.2 Å². The molecule has 0 aliphatic carbocycles. The number of rotatable bonds is 15. The summed E-state index contributed by atoms with van der Waals surface area (Å²) in [5.74, 6) is 1.30. The Balaban J connectivity index is 1.80. The molecule has 3 N–H and O–H groups in total. The Morgan fingerprint density at radius 2 is 1.63 bits per heavy atom. The number of aryl methyl sites for hydroxylation is 2. The third kappa shape index (κ3) is 8.88. The second kappa shape index (κ2) is 15.9. The van der Waals surface area contributed by atoms with Gasteiger partial charge in [0, 0.05) is 33.9 Å². The number of anilines is 2. The van der Waals surface area contributed by atoms with Crippen LogP contribution in [0.2, 0.25) is 0 Å². The SMILES string of the molecule is CCCCCC(CCC)c1ccc(C(=O)Nc2c(CC)[nH]c(C)c2/C=C\C(Nc2ccc(OC)cc2)=C(C)C)cc1. The third-order valence-electron chi connectivity index (χ3n) is 7.67. The lowest BCUT2D eigenvalue weighted by atomic mass is 9.89. The van der Waals surface area contributed by atoms with Gasteiger partial charge in [0.1, 0.15) is 5.75 Å². The fourth-order valence-corrected chi connectivity index (χ4v) is 5.21. The number of amides is 1. The van der Waals surface area contributed by atoms with Crippen molar-refractivity contribution in [1.29, 1.82) is 0 Å². The molecule has 0 fully saturated rings. The van der Waals surface area contributed by atoms with Crippen molar-refractivity contribution in [3.63, 3.8) is 0 Å². The molecule has 5 heteroatoms. The zero-order valence-corrected chi connectivity index (χ0v) is 26.1. The van der Waals surface area contributed by atoms with Crippen molar-refractivity contribution >= 4 is 23.4 Å². The number of carbonyl (C=O) groups is 1. The quantitative estimate of drug-likeness (QED) is 0.129. The molecule has 1 aromatic heterocycles. The van der Waals surface area contributed by atoms with Gasteiger partial charge in [0.15, 0.2) is 0 Å². The van der Waals surface area contributed by atoms with E-state index in [0.29, 0.717) is 11.5 Å². The minimum Gasteiger partial charge on any atom is -0.497 e. The van der Waals surface area contributed by atoms with Gasteiger partial charge in [-0.15, -0.1) is 0 Å². The number of ether oxygens (including phenoxy) is 1. The van der Waals surface area contributed by atoms with E-state index in [1.807, 2.05) is 36.4 Å². The molecule has 0 aliphatic heterocycles. The van der Waals surface area contributed by atoms with Gasteiger partial charge < -0.3 is 20.4 Å². The van der Waals surface area contributed by atoms with E-state index in [1.54, 1.807) is 7.11 Å². The molecule has 0 saturated heterocycles. The van der Waals surface area contributed by atoms with Crippen molar-refractivity contribution < 1.29 is 9.53 Å². The fraction of sp³-hybridized carbons (Fsp3) is 0.417. The molecule has 1 unspecified atom stereocenters. The first kappa shape index (κ1) is 31.8. The minimum absolute atomic E-state index is 0.0864. The van der Waals surface area contributed by atoms with Gasteiger partial charge in [0.05, 0.1) is 12.8 Å². The highest BCUT2D eigenvalue weighted by Crippen LogP contribution is 2.30. The lowest BCUT2D eigenvalue weighted by molar-refractivity contribution is 0.102. The molecular weight excluding hydrogens is 506 g/mol. The predicted molar refractivity (Wildman–Crippen MR) is 175 cm³/mol. The molecule has 0 saturated carbocycles. The molecule has 3 rings (SSSR count). The van der Waals surface area contributed by atoms with E-state index in [4.69, 9.17) is 4.74 Å². The van der Waals surface area contributed by atoms with Crippen LogP contribution in [0, 0.1) is 6.92 Å². The first-order chi connectivity index (χ1) is 19.8. The number of hydrogen-bond acceptors (Lipinski definition) is 3. The zero-order valence-electron chi connectivity index (χ0n) is 26.1. The van der Waals surface area contributed by atoms with Crippen molar-refractivity contribution in [1.82, 2.24) is 4.98 Å². The summed E-state index contributed by atoms with van der Waals surface area (Å²) in [6.45, 7) is 12.8. The average molecular weight is 556 g/mol. The molecule has 3 aromatic rings. The summed E-state index contributed by atoms with van der Waals surface area (Å²) in [6, 6.07) is 16.1. The van der Waals surface area contributed by atoms with Crippen LogP contribution in [0.5, 0.6) is 5.75 Å². The Morgan fingerprint density at radius 3 is 2.22 bits per heavy atom. The number of carbonyl (C=O) groups excluding carboxylic acids is 1. The van der Waals surface area contributed by atoms with Gasteiger partial charge in [0.25, 0.3) is 5.91 Å². The summed E-state index contributed by atoms with van der Waals surface area (Å²) in [4.78, 5) is 16.9. The molecule has 2 aromatic carbocycles. The Hall–Kier alpha value is -3.73. The van der Waals surface area contributed by atoms with E-state index in [2.05, 4.69) is 81.4 Å². The summed E-state index contributed by atoms with van der Waals surface area (Å²) in [5, 5.41) is 6.73. The Morgan fingerprint density at radius 1 is 0.927 bits per heavy atom. The van der Waals surface area contributed by atoms with Crippen LogP contribution in [0.3, 0.4) is 0 Å². The Labute approximate surface area is 247 Å². The van der Waals surface area contributed by atoms with Crippen LogP contribution in [0.1, 0.15) is 112 Å². The second-order valence-electron chi connectivity index (χ2n) is 11.0. The van der Waals surface area contributed by atoms with E-state index < -0.39 is 0 Å². The van der Waals surface area contributed by atoms with Crippen LogP contribution in [-0.2, 0) is 6.42 Å². The Bertz CT molecular complexity index is 1310. The molecule has 1 amide bonds. The molecule has 0 spiro atoms. The molecule has 0 radical (unpaired) electrons. The molecule has 5 nitrogen and oxygen atoms in total. The number of aromatic amines is 1. The van der Waals surface area contributed by atoms with E-state index in [-0.39, 0.29) is 5.91 Å². The monoisotopic (exact) mass is 555 g/mol. The number of aromatic nitrogens is 1. The maximum Gasteiger partial charge on any atom is 0.255 e. The number of H-pyrrole nitrogens is 1. The van der Waals surface area contributed by atoms with Crippen LogP contribution in [-0.4, -0.2) is 18.0 Å². The maximum atomic E-state index is 13.4. The zero-order chi connectivity index (χ0) is 29.8. The lowest BCUT2D eigenvalue weighted by Crippen LogP contribution is -2.13. The van der Waals surface area contributed by atoms with Crippen molar-refractivity contribution in [3.05, 3.63) is 94.0 Å². The molecular formula is C36H49N3O2. The number of allylic oxidation sites excluding steroid dienone is 2. The van der Waals surface area contributed by atoms with E-state index >= 15 is 0 Å². The van der Waals surface area contributed by atoms with Gasteiger partial charge in [-0.25, -0.2) is 0 Å². The van der Waals surface area contributed by atoms with Crippen LogP contribution < -0.4 is 15.4 Å². The molecule has 0 aliphatic rings. The second-order valence-corrected chi connectivity index (χ2v) is 11.0. The smallest absolute Gasteiger partial charge is 0.255 e. The van der Waals surface area contributed by atoms with Gasteiger partial charge in [0.2, 0.25) is 0 Å².